The van der Waals surface area contributed by atoms with Gasteiger partial charge in [0, 0.05) is 6.42 Å². The van der Waals surface area contributed by atoms with Crippen molar-refractivity contribution in [1.29, 1.82) is 0 Å². The molecule has 0 aromatic carbocycles. The van der Waals surface area contributed by atoms with Crippen LogP contribution in [0, 0.1) is 0 Å². The Balaban J connectivity index is -0.000000115. The summed E-state index contributed by atoms with van der Waals surface area (Å²) >= 11 is 0. The Labute approximate surface area is 246 Å². The first-order valence-electron chi connectivity index (χ1n) is 14.6. The zero-order valence-electron chi connectivity index (χ0n) is 26.1. The van der Waals surface area contributed by atoms with Crippen LogP contribution in [-0.2, 0) is 26.5 Å². The fourth-order valence-corrected chi connectivity index (χ4v) is 2.65. The molecule has 0 unspecified atom stereocenters. The first kappa shape index (κ1) is 49.9. The number of hydrogen-bond donors (Lipinski definition) is 1. The van der Waals surface area contributed by atoms with E-state index in [1.165, 1.54) is 83.5 Å². The van der Waals surface area contributed by atoms with Crippen LogP contribution in [0.4, 0.5) is 0 Å². The molecule has 0 rings (SSSR count). The first-order chi connectivity index (χ1) is 16.7. The Morgan fingerprint density at radius 3 is 0.811 bits per heavy atom. The predicted octanol–water partition coefficient (Wildman–Crippen LogP) is 5.35. The summed E-state index contributed by atoms with van der Waals surface area (Å²) in [5.74, 6) is -0.653. The van der Waals surface area contributed by atoms with Gasteiger partial charge < -0.3 is 25.5 Å². The minimum absolute atomic E-state index is 0. The van der Waals surface area contributed by atoms with E-state index in [1.54, 1.807) is 55.4 Å². The summed E-state index contributed by atoms with van der Waals surface area (Å²) in [6, 6.07) is 0. The summed E-state index contributed by atoms with van der Waals surface area (Å²) in [7, 11) is 0. The molecule has 0 saturated carbocycles. The van der Waals surface area contributed by atoms with Crippen LogP contribution >= 0.6 is 0 Å². The van der Waals surface area contributed by atoms with Gasteiger partial charge in [0.1, 0.15) is 0 Å². The Morgan fingerprint density at radius 1 is 0.486 bits per heavy atom. The van der Waals surface area contributed by atoms with Crippen LogP contribution in [0.1, 0.15) is 165 Å². The van der Waals surface area contributed by atoms with Crippen molar-refractivity contribution in [1.82, 2.24) is 0 Å². The van der Waals surface area contributed by atoms with E-state index in [-0.39, 0.29) is 21.7 Å². The maximum absolute atomic E-state index is 10.3. The van der Waals surface area contributed by atoms with Crippen LogP contribution in [0.25, 0.3) is 0 Å². The van der Waals surface area contributed by atoms with Crippen LogP contribution in [0.2, 0.25) is 0 Å². The molecule has 0 bridgehead atoms. The van der Waals surface area contributed by atoms with Crippen molar-refractivity contribution >= 4 is 5.97 Å². The third kappa shape index (κ3) is 144. The van der Waals surface area contributed by atoms with Crippen molar-refractivity contribution in [2.24, 2.45) is 0 Å². The third-order valence-corrected chi connectivity index (χ3v) is 3.99. The molecular weight excluding hydrogens is 504 g/mol. The second-order valence-electron chi connectivity index (χ2n) is 10.3. The largest absolute Gasteiger partial charge is 4.00 e. The average Bonchev–Trinajstić information content (AvgIpc) is 2.69. The molecule has 0 atom stereocenters. The molecular formula is C30H64O6Ti. The van der Waals surface area contributed by atoms with Crippen LogP contribution < -0.4 is 20.4 Å². The van der Waals surface area contributed by atoms with Crippen molar-refractivity contribution in [2.75, 3.05) is 0 Å². The van der Waals surface area contributed by atoms with E-state index in [4.69, 9.17) is 5.11 Å². The maximum atomic E-state index is 10.3. The molecule has 0 aliphatic carbocycles. The standard InChI is InChI=1S/C18H36O2.4C3H7O.Ti/c1-2-3-4-5-6-7-8-9-10-11-12-13-14-15-16-17-18(19)20;4*1-3(2)4;/h2-17H2,1H3,(H,19,20);4*3H,1-2H3;/q;4*-1;+4. The van der Waals surface area contributed by atoms with E-state index in [0.29, 0.717) is 6.42 Å². The predicted molar refractivity (Wildman–Crippen MR) is 148 cm³/mol. The molecule has 224 valence electrons. The fourth-order valence-electron chi connectivity index (χ4n) is 2.65. The van der Waals surface area contributed by atoms with Crippen LogP contribution in [0.15, 0.2) is 0 Å². The van der Waals surface area contributed by atoms with Crippen molar-refractivity contribution in [3.63, 3.8) is 0 Å². The van der Waals surface area contributed by atoms with Gasteiger partial charge in [-0.15, -0.1) is 24.4 Å². The van der Waals surface area contributed by atoms with Gasteiger partial charge >= 0.3 is 27.7 Å². The first-order valence-corrected chi connectivity index (χ1v) is 14.6. The molecule has 7 heteroatoms. The molecule has 0 aromatic rings. The van der Waals surface area contributed by atoms with Crippen molar-refractivity contribution in [2.45, 2.75) is 189 Å². The zero-order chi connectivity index (χ0) is 29.2. The second kappa shape index (κ2) is 45.9. The summed E-state index contributed by atoms with van der Waals surface area (Å²) < 4.78 is 0. The monoisotopic (exact) mass is 568 g/mol. The maximum Gasteiger partial charge on any atom is 4.00 e. The SMILES string of the molecule is CC(C)[O-].CC(C)[O-].CC(C)[O-].CC(C)[O-].CCCCCCCCCCCCCCCCCC(=O)O.[Ti+4]. The van der Waals surface area contributed by atoms with Gasteiger partial charge in [-0.3, -0.25) is 4.79 Å². The van der Waals surface area contributed by atoms with E-state index in [0.717, 1.165) is 12.8 Å². The van der Waals surface area contributed by atoms with Gasteiger partial charge in [-0.25, -0.2) is 0 Å². The number of carboxylic acids is 1. The number of carbonyl (C=O) groups is 1. The van der Waals surface area contributed by atoms with E-state index in [9.17, 15) is 25.2 Å². The number of aliphatic carboxylic acids is 1. The zero-order valence-corrected chi connectivity index (χ0v) is 27.7. The van der Waals surface area contributed by atoms with Gasteiger partial charge in [0.05, 0.1) is 0 Å². The molecule has 0 amide bonds. The van der Waals surface area contributed by atoms with Crippen molar-refractivity contribution in [3.8, 4) is 0 Å². The van der Waals surface area contributed by atoms with E-state index < -0.39 is 30.4 Å². The molecule has 0 saturated heterocycles. The van der Waals surface area contributed by atoms with Crippen LogP contribution in [-0.4, -0.2) is 35.5 Å². The van der Waals surface area contributed by atoms with Gasteiger partial charge in [-0.1, -0.05) is 152 Å². The van der Waals surface area contributed by atoms with Gasteiger partial charge in [0.2, 0.25) is 0 Å². The van der Waals surface area contributed by atoms with Gasteiger partial charge in [-0.05, 0) is 6.42 Å². The molecule has 1 N–H and O–H groups in total. The minimum atomic E-state index is -0.653. The molecule has 0 spiro atoms. The smallest absolute Gasteiger partial charge is 0.852 e. The summed E-state index contributed by atoms with van der Waals surface area (Å²) in [6.45, 7) is 15.2. The summed E-state index contributed by atoms with van der Waals surface area (Å²) in [5.41, 5.74) is 0. The number of hydrogen-bond acceptors (Lipinski definition) is 5. The third-order valence-electron chi connectivity index (χ3n) is 3.99. The molecule has 0 radical (unpaired) electrons. The Morgan fingerprint density at radius 2 is 0.649 bits per heavy atom. The molecule has 0 fully saturated rings. The molecule has 0 aliphatic rings. The fraction of sp³-hybridized carbons (Fsp3) is 0.967. The van der Waals surface area contributed by atoms with E-state index >= 15 is 0 Å². The van der Waals surface area contributed by atoms with Crippen LogP contribution in [0.5, 0.6) is 0 Å². The average molecular weight is 569 g/mol. The van der Waals surface area contributed by atoms with E-state index in [2.05, 4.69) is 6.92 Å². The van der Waals surface area contributed by atoms with Gasteiger partial charge in [0.15, 0.2) is 0 Å². The second-order valence-corrected chi connectivity index (χ2v) is 10.3. The number of unbranched alkanes of at least 4 members (excludes halogenated alkanes) is 14. The van der Waals surface area contributed by atoms with Crippen LogP contribution in [0.3, 0.4) is 0 Å². The Kier molecular flexibility index (Phi) is 61.9. The summed E-state index contributed by atoms with van der Waals surface area (Å²) in [5, 5.41) is 46.6. The normalized spacial score (nSPS) is 9.76. The molecule has 0 heterocycles. The van der Waals surface area contributed by atoms with E-state index in [1.807, 2.05) is 0 Å². The molecule has 6 nitrogen and oxygen atoms in total. The topological polar surface area (TPSA) is 130 Å². The quantitative estimate of drug-likeness (QED) is 0.197. The molecule has 37 heavy (non-hydrogen) atoms. The molecule has 0 aliphatic heterocycles. The Bertz CT molecular complexity index is 329. The summed E-state index contributed by atoms with van der Waals surface area (Å²) in [4.78, 5) is 10.3. The number of carboxylic acid groups (broad SMARTS) is 1. The van der Waals surface area contributed by atoms with Crippen molar-refractivity contribution in [3.05, 3.63) is 0 Å². The number of rotatable bonds is 16. The van der Waals surface area contributed by atoms with Gasteiger partial charge in [0.25, 0.3) is 0 Å². The minimum Gasteiger partial charge on any atom is -0.852 e. The Hall–Kier alpha value is 0.0243. The molecule has 0 aromatic heterocycles. The summed E-state index contributed by atoms with van der Waals surface area (Å²) in [6.07, 6.45) is 18.5. The van der Waals surface area contributed by atoms with Gasteiger partial charge in [-0.2, -0.15) is 0 Å². The van der Waals surface area contributed by atoms with Crippen molar-refractivity contribution < 1.29 is 52.0 Å².